The van der Waals surface area contributed by atoms with Crippen LogP contribution in [-0.4, -0.2) is 42.4 Å². The fourth-order valence-electron chi connectivity index (χ4n) is 3.74. The lowest BCUT2D eigenvalue weighted by atomic mass is 10.1. The highest BCUT2D eigenvalue weighted by atomic mass is 32.2. The minimum absolute atomic E-state index is 0.0716. The predicted octanol–water partition coefficient (Wildman–Crippen LogP) is 4.32. The normalized spacial score (nSPS) is 11.9. The Balaban J connectivity index is 1.65. The quantitative estimate of drug-likeness (QED) is 0.173. The smallest absolute Gasteiger partial charge is 0.297 e. The zero-order chi connectivity index (χ0) is 28.0. The molecule has 11 nitrogen and oxygen atoms in total. The molecule has 0 spiro atoms. The number of nitrogens with one attached hydrogen (secondary N) is 1. The Morgan fingerprint density at radius 3 is 2.38 bits per heavy atom. The first kappa shape index (κ1) is 27.4. The summed E-state index contributed by atoms with van der Waals surface area (Å²) in [6.07, 6.45) is 1.68. The summed E-state index contributed by atoms with van der Waals surface area (Å²) in [5, 5.41) is 13.6. The number of amides is 1. The Kier molecular flexibility index (Phi) is 8.27. The van der Waals surface area contributed by atoms with E-state index in [1.54, 1.807) is 54.9 Å². The Morgan fingerprint density at radius 1 is 1.03 bits per heavy atom. The van der Waals surface area contributed by atoms with E-state index in [1.807, 2.05) is 13.0 Å². The topological polar surface area (TPSA) is 151 Å². The van der Waals surface area contributed by atoms with Crippen molar-refractivity contribution in [2.75, 3.05) is 12.4 Å². The van der Waals surface area contributed by atoms with Crippen molar-refractivity contribution in [2.24, 2.45) is 0 Å². The summed E-state index contributed by atoms with van der Waals surface area (Å²) in [5.74, 6) is -0.637. The zero-order valence-corrected chi connectivity index (χ0v) is 21.8. The van der Waals surface area contributed by atoms with Crippen molar-refractivity contribution in [3.63, 3.8) is 0 Å². The van der Waals surface area contributed by atoms with Gasteiger partial charge in [0, 0.05) is 42.2 Å². The first-order valence-corrected chi connectivity index (χ1v) is 13.1. The van der Waals surface area contributed by atoms with Crippen LogP contribution in [0.5, 0.6) is 5.88 Å². The third-order valence-electron chi connectivity index (χ3n) is 5.67. The van der Waals surface area contributed by atoms with Gasteiger partial charge in [-0.3, -0.25) is 24.1 Å². The van der Waals surface area contributed by atoms with Crippen LogP contribution >= 0.6 is 0 Å². The van der Waals surface area contributed by atoms with Crippen LogP contribution in [0.4, 0.5) is 11.4 Å². The first-order chi connectivity index (χ1) is 18.7. The van der Waals surface area contributed by atoms with Gasteiger partial charge in [-0.15, -0.1) is 0 Å². The molecule has 12 heteroatoms. The Morgan fingerprint density at radius 2 is 1.74 bits per heavy atom. The van der Waals surface area contributed by atoms with Gasteiger partial charge in [0.05, 0.1) is 16.9 Å². The van der Waals surface area contributed by atoms with Gasteiger partial charge in [-0.05, 0) is 48.4 Å². The van der Waals surface area contributed by atoms with Crippen LogP contribution in [0.2, 0.25) is 0 Å². The lowest BCUT2D eigenvalue weighted by molar-refractivity contribution is -0.384. The number of carbonyl (C=O) groups is 1. The zero-order valence-electron chi connectivity index (χ0n) is 21.0. The molecule has 1 N–H and O–H groups in total. The van der Waals surface area contributed by atoms with Crippen LogP contribution in [0, 0.1) is 17.0 Å². The lowest BCUT2D eigenvalue weighted by Gasteiger charge is -2.19. The molecule has 0 fully saturated rings. The Labute approximate surface area is 224 Å². The van der Waals surface area contributed by atoms with Crippen LogP contribution in [0.15, 0.2) is 90.1 Å². The van der Waals surface area contributed by atoms with Gasteiger partial charge in [0.15, 0.2) is 6.10 Å². The van der Waals surface area contributed by atoms with E-state index in [0.717, 1.165) is 35.5 Å². The minimum Gasteiger partial charge on any atom is -0.480 e. The highest BCUT2D eigenvalue weighted by Crippen LogP contribution is 2.29. The van der Waals surface area contributed by atoms with E-state index in [1.165, 1.54) is 7.11 Å². The van der Waals surface area contributed by atoms with Gasteiger partial charge in [0.1, 0.15) is 5.69 Å². The van der Waals surface area contributed by atoms with Crippen LogP contribution < -0.4 is 10.1 Å². The second kappa shape index (κ2) is 11.8. The number of anilines is 1. The molecule has 1 amide bonds. The number of pyridine rings is 2. The number of carbonyl (C=O) groups excluding carboxylic acids is 1. The number of methoxy groups -OCH3 is 1. The van der Waals surface area contributed by atoms with Gasteiger partial charge >= 0.3 is 0 Å². The molecule has 0 saturated heterocycles. The van der Waals surface area contributed by atoms with Gasteiger partial charge in [-0.1, -0.05) is 30.3 Å². The van der Waals surface area contributed by atoms with Gasteiger partial charge in [0.25, 0.3) is 21.7 Å². The minimum atomic E-state index is -4.47. The Hall–Kier alpha value is -4.68. The number of non-ortho nitro benzene ring substituents is 1. The Bertz CT molecular complexity index is 1590. The van der Waals surface area contributed by atoms with Crippen molar-refractivity contribution >= 4 is 27.4 Å². The van der Waals surface area contributed by atoms with Crippen molar-refractivity contribution in [1.29, 1.82) is 0 Å². The number of nitro groups is 1. The van der Waals surface area contributed by atoms with Gasteiger partial charge in [-0.2, -0.15) is 8.42 Å². The van der Waals surface area contributed by atoms with Gasteiger partial charge < -0.3 is 10.1 Å². The fourth-order valence-corrected chi connectivity index (χ4v) is 4.78. The maximum Gasteiger partial charge on any atom is 0.297 e. The first-order valence-electron chi connectivity index (χ1n) is 11.7. The monoisotopic (exact) mass is 548 g/mol. The second-order valence-electron chi connectivity index (χ2n) is 8.44. The maximum absolute atomic E-state index is 13.5. The molecule has 0 aliphatic heterocycles. The van der Waals surface area contributed by atoms with Crippen molar-refractivity contribution in [3.8, 4) is 17.0 Å². The highest BCUT2D eigenvalue weighted by Gasteiger charge is 2.29. The molecule has 4 rings (SSSR count). The molecule has 0 aliphatic carbocycles. The molecule has 0 saturated carbocycles. The summed E-state index contributed by atoms with van der Waals surface area (Å²) in [6, 6.07) is 18.3. The predicted molar refractivity (Wildman–Crippen MR) is 143 cm³/mol. The van der Waals surface area contributed by atoms with E-state index in [2.05, 4.69) is 15.3 Å². The standard InChI is InChI=1S/C27H24N4O7S/c1-18-14-20(12-13-28-18)21-16-24(27(37-2)29-17-21)30-26(32)25(15-19-6-4-3-5-7-19)38-39(35,36)23-10-8-22(9-11-23)31(33)34/h3-14,16-17,25H,15H2,1-2H3,(H,30,32). The molecule has 1 unspecified atom stereocenters. The molecule has 0 bridgehead atoms. The van der Waals surface area contributed by atoms with Crippen LogP contribution in [0.25, 0.3) is 11.1 Å². The van der Waals surface area contributed by atoms with Crippen LogP contribution in [0.1, 0.15) is 11.3 Å². The molecule has 1 atom stereocenters. The number of nitrogens with zero attached hydrogens (tertiary/aromatic N) is 3. The number of nitro benzene ring substituents is 1. The van der Waals surface area contributed by atoms with E-state index in [4.69, 9.17) is 8.92 Å². The average Bonchev–Trinajstić information content (AvgIpc) is 2.93. The van der Waals surface area contributed by atoms with E-state index < -0.39 is 27.1 Å². The summed E-state index contributed by atoms with van der Waals surface area (Å²) >= 11 is 0. The molecule has 200 valence electrons. The fraction of sp³-hybridized carbons (Fsp3) is 0.148. The van der Waals surface area contributed by atoms with Crippen molar-refractivity contribution in [3.05, 3.63) is 107 Å². The van der Waals surface area contributed by atoms with E-state index in [-0.39, 0.29) is 28.6 Å². The van der Waals surface area contributed by atoms with E-state index >= 15 is 0 Å². The molecular formula is C27H24N4O7S. The van der Waals surface area contributed by atoms with Crippen LogP contribution in [-0.2, 0) is 25.5 Å². The number of aromatic nitrogens is 2. The third-order valence-corrected chi connectivity index (χ3v) is 7.00. The number of rotatable bonds is 10. The lowest BCUT2D eigenvalue weighted by Crippen LogP contribution is -2.34. The van der Waals surface area contributed by atoms with Crippen LogP contribution in [0.3, 0.4) is 0 Å². The number of ether oxygens (including phenoxy) is 1. The summed E-state index contributed by atoms with van der Waals surface area (Å²) in [4.78, 5) is 31.9. The van der Waals surface area contributed by atoms with Crippen molar-refractivity contribution in [1.82, 2.24) is 9.97 Å². The molecule has 0 aliphatic rings. The molecule has 39 heavy (non-hydrogen) atoms. The molecule has 2 aromatic carbocycles. The van der Waals surface area contributed by atoms with E-state index in [0.29, 0.717) is 11.1 Å². The molecule has 2 aromatic heterocycles. The summed E-state index contributed by atoms with van der Waals surface area (Å²) in [7, 11) is -3.07. The number of hydrogen-bond donors (Lipinski definition) is 1. The number of hydrogen-bond acceptors (Lipinski definition) is 9. The van der Waals surface area contributed by atoms with Crippen molar-refractivity contribution < 1.29 is 27.1 Å². The maximum atomic E-state index is 13.5. The number of benzene rings is 2. The van der Waals surface area contributed by atoms with Gasteiger partial charge in [0.2, 0.25) is 5.88 Å². The highest BCUT2D eigenvalue weighted by molar-refractivity contribution is 7.86. The SMILES string of the molecule is COc1ncc(-c2ccnc(C)c2)cc1NC(=O)C(Cc1ccccc1)OS(=O)(=O)c1ccc([N+](=O)[O-])cc1. The molecular weight excluding hydrogens is 524 g/mol. The van der Waals surface area contributed by atoms with Gasteiger partial charge in [-0.25, -0.2) is 4.98 Å². The average molecular weight is 549 g/mol. The number of aryl methyl sites for hydroxylation is 1. The summed E-state index contributed by atoms with van der Waals surface area (Å²) < 4.78 is 36.8. The molecule has 2 heterocycles. The van der Waals surface area contributed by atoms with Crippen molar-refractivity contribution in [2.45, 2.75) is 24.3 Å². The second-order valence-corrected chi connectivity index (χ2v) is 10.0. The molecule has 0 radical (unpaired) electrons. The van der Waals surface area contributed by atoms with E-state index in [9.17, 15) is 23.3 Å². The molecule has 4 aromatic rings. The summed E-state index contributed by atoms with van der Waals surface area (Å²) in [5.41, 5.74) is 2.87. The third kappa shape index (κ3) is 6.80. The summed E-state index contributed by atoms with van der Waals surface area (Å²) in [6.45, 7) is 1.85. The largest absolute Gasteiger partial charge is 0.480 e.